The van der Waals surface area contributed by atoms with Crippen molar-refractivity contribution in [3.8, 4) is 0 Å². The van der Waals surface area contributed by atoms with Crippen LogP contribution in [-0.4, -0.2) is 20.1 Å². The van der Waals surface area contributed by atoms with Crippen LogP contribution < -0.4 is 10.6 Å². The average Bonchev–Trinajstić information content (AvgIpc) is 2.13. The van der Waals surface area contributed by atoms with Crippen molar-refractivity contribution in [2.45, 2.75) is 6.04 Å². The third-order valence-electron chi connectivity index (χ3n) is 2.82. The van der Waals surface area contributed by atoms with Crippen LogP contribution in [0.15, 0.2) is 24.3 Å². The predicted octanol–water partition coefficient (Wildman–Crippen LogP) is 1.82. The number of hydrogen-bond acceptors (Lipinski definition) is 2. The van der Waals surface area contributed by atoms with Crippen LogP contribution in [0.3, 0.4) is 0 Å². The van der Waals surface area contributed by atoms with Crippen molar-refractivity contribution in [3.63, 3.8) is 0 Å². The predicted molar refractivity (Wildman–Crippen MR) is 59.6 cm³/mol. The second-order valence-electron chi connectivity index (χ2n) is 3.74. The van der Waals surface area contributed by atoms with Gasteiger partial charge in [-0.2, -0.15) is 0 Å². The molecule has 14 heavy (non-hydrogen) atoms. The van der Waals surface area contributed by atoms with Crippen molar-refractivity contribution in [2.75, 3.05) is 20.1 Å². The van der Waals surface area contributed by atoms with Gasteiger partial charge in [-0.05, 0) is 24.7 Å². The molecule has 76 valence electrons. The normalized spacial score (nSPS) is 19.0. The van der Waals surface area contributed by atoms with Crippen LogP contribution in [0.5, 0.6) is 0 Å². The zero-order chi connectivity index (χ0) is 9.97. The monoisotopic (exact) mass is 210 g/mol. The molecule has 1 aromatic rings. The third-order valence-corrected chi connectivity index (χ3v) is 3.08. The number of halogens is 1. The highest BCUT2D eigenvalue weighted by Gasteiger charge is 2.26. The van der Waals surface area contributed by atoms with Gasteiger partial charge in [-0.1, -0.05) is 23.7 Å². The molecular formula is C11H15ClN2. The molecule has 0 amide bonds. The Morgan fingerprint density at radius 1 is 1.36 bits per heavy atom. The molecule has 1 aliphatic rings. The Labute approximate surface area is 89.7 Å². The first-order valence-corrected chi connectivity index (χ1v) is 5.32. The van der Waals surface area contributed by atoms with Crippen LogP contribution in [-0.2, 0) is 0 Å². The van der Waals surface area contributed by atoms with Gasteiger partial charge in [0.25, 0.3) is 0 Å². The fraction of sp³-hybridized carbons (Fsp3) is 0.455. The lowest BCUT2D eigenvalue weighted by molar-refractivity contribution is 0.268. The summed E-state index contributed by atoms with van der Waals surface area (Å²) in [5.74, 6) is 0.709. The van der Waals surface area contributed by atoms with Gasteiger partial charge in [-0.25, -0.2) is 0 Å². The summed E-state index contributed by atoms with van der Waals surface area (Å²) >= 11 is 5.85. The lowest BCUT2D eigenvalue weighted by Gasteiger charge is -2.34. The molecule has 1 atom stereocenters. The molecule has 3 heteroatoms. The van der Waals surface area contributed by atoms with Crippen LogP contribution in [0.4, 0.5) is 0 Å². The molecule has 2 rings (SSSR count). The second kappa shape index (κ2) is 4.30. The van der Waals surface area contributed by atoms with Crippen molar-refractivity contribution in [1.29, 1.82) is 0 Å². The Bertz CT molecular complexity index is 293. The zero-order valence-electron chi connectivity index (χ0n) is 8.26. The van der Waals surface area contributed by atoms with Gasteiger partial charge in [-0.3, -0.25) is 0 Å². The van der Waals surface area contributed by atoms with E-state index in [0.29, 0.717) is 12.0 Å². The highest BCUT2D eigenvalue weighted by Crippen LogP contribution is 2.25. The smallest absolute Gasteiger partial charge is 0.0406 e. The van der Waals surface area contributed by atoms with Gasteiger partial charge in [-0.15, -0.1) is 0 Å². The van der Waals surface area contributed by atoms with Crippen LogP contribution in [0.25, 0.3) is 0 Å². The van der Waals surface area contributed by atoms with E-state index in [1.807, 2.05) is 19.2 Å². The minimum atomic E-state index is 0.452. The largest absolute Gasteiger partial charge is 0.316 e. The average molecular weight is 211 g/mol. The highest BCUT2D eigenvalue weighted by molar-refractivity contribution is 6.30. The molecular weight excluding hydrogens is 196 g/mol. The second-order valence-corrected chi connectivity index (χ2v) is 4.17. The van der Waals surface area contributed by atoms with Gasteiger partial charge in [0.1, 0.15) is 0 Å². The summed E-state index contributed by atoms with van der Waals surface area (Å²) < 4.78 is 0. The summed E-state index contributed by atoms with van der Waals surface area (Å²) in [5.41, 5.74) is 1.32. The quantitative estimate of drug-likeness (QED) is 0.796. The standard InChI is InChI=1S/C11H15ClN2/c1-13-11(9-6-14-7-9)8-2-4-10(12)5-3-8/h2-5,9,11,13-14H,6-7H2,1H3. The van der Waals surface area contributed by atoms with Crippen molar-refractivity contribution in [1.82, 2.24) is 10.6 Å². The Kier molecular flexibility index (Phi) is 3.06. The lowest BCUT2D eigenvalue weighted by atomic mass is 9.89. The van der Waals surface area contributed by atoms with Crippen molar-refractivity contribution < 1.29 is 0 Å². The molecule has 0 bridgehead atoms. The fourth-order valence-electron chi connectivity index (χ4n) is 1.89. The lowest BCUT2D eigenvalue weighted by Crippen LogP contribution is -2.48. The van der Waals surface area contributed by atoms with E-state index < -0.39 is 0 Å². The molecule has 0 aliphatic carbocycles. The topological polar surface area (TPSA) is 24.1 Å². The minimum absolute atomic E-state index is 0.452. The van der Waals surface area contributed by atoms with E-state index >= 15 is 0 Å². The number of nitrogens with one attached hydrogen (secondary N) is 2. The SMILES string of the molecule is CNC(c1ccc(Cl)cc1)C1CNC1. The first-order valence-electron chi connectivity index (χ1n) is 4.94. The molecule has 1 aromatic carbocycles. The van der Waals surface area contributed by atoms with Gasteiger partial charge in [0.2, 0.25) is 0 Å². The van der Waals surface area contributed by atoms with E-state index in [1.165, 1.54) is 5.56 Å². The zero-order valence-corrected chi connectivity index (χ0v) is 9.01. The summed E-state index contributed by atoms with van der Waals surface area (Å²) in [4.78, 5) is 0. The molecule has 0 radical (unpaired) electrons. The molecule has 1 fully saturated rings. The third kappa shape index (κ3) is 1.92. The van der Waals surface area contributed by atoms with E-state index in [0.717, 1.165) is 18.1 Å². The summed E-state index contributed by atoms with van der Waals surface area (Å²) in [6, 6.07) is 8.55. The maximum Gasteiger partial charge on any atom is 0.0406 e. The minimum Gasteiger partial charge on any atom is -0.316 e. The van der Waals surface area contributed by atoms with Crippen LogP contribution in [0, 0.1) is 5.92 Å². The van der Waals surface area contributed by atoms with Crippen molar-refractivity contribution in [2.24, 2.45) is 5.92 Å². The molecule has 0 saturated carbocycles. The molecule has 1 aliphatic heterocycles. The number of benzene rings is 1. The first-order chi connectivity index (χ1) is 6.81. The van der Waals surface area contributed by atoms with E-state index in [4.69, 9.17) is 11.6 Å². The number of rotatable bonds is 3. The van der Waals surface area contributed by atoms with E-state index in [9.17, 15) is 0 Å². The Morgan fingerprint density at radius 2 is 2.00 bits per heavy atom. The van der Waals surface area contributed by atoms with Gasteiger partial charge >= 0.3 is 0 Å². The molecule has 1 unspecified atom stereocenters. The highest BCUT2D eigenvalue weighted by atomic mass is 35.5. The molecule has 0 spiro atoms. The van der Waals surface area contributed by atoms with Crippen LogP contribution in [0.2, 0.25) is 5.02 Å². The van der Waals surface area contributed by atoms with Gasteiger partial charge in [0, 0.05) is 30.1 Å². The Morgan fingerprint density at radius 3 is 2.43 bits per heavy atom. The molecule has 2 N–H and O–H groups in total. The van der Waals surface area contributed by atoms with E-state index in [-0.39, 0.29) is 0 Å². The van der Waals surface area contributed by atoms with Crippen LogP contribution in [0.1, 0.15) is 11.6 Å². The molecule has 0 aromatic heterocycles. The molecule has 1 heterocycles. The molecule has 2 nitrogen and oxygen atoms in total. The van der Waals surface area contributed by atoms with Crippen LogP contribution >= 0.6 is 11.6 Å². The van der Waals surface area contributed by atoms with Gasteiger partial charge in [0.05, 0.1) is 0 Å². The molecule has 1 saturated heterocycles. The first kappa shape index (κ1) is 9.97. The summed E-state index contributed by atoms with van der Waals surface area (Å²) in [6.07, 6.45) is 0. The number of hydrogen-bond donors (Lipinski definition) is 2. The van der Waals surface area contributed by atoms with E-state index in [1.54, 1.807) is 0 Å². The van der Waals surface area contributed by atoms with E-state index in [2.05, 4.69) is 22.8 Å². The van der Waals surface area contributed by atoms with Gasteiger partial charge in [0.15, 0.2) is 0 Å². The maximum absolute atomic E-state index is 5.85. The van der Waals surface area contributed by atoms with Gasteiger partial charge < -0.3 is 10.6 Å². The Balaban J connectivity index is 2.14. The fourth-order valence-corrected chi connectivity index (χ4v) is 2.02. The summed E-state index contributed by atoms with van der Waals surface area (Å²) in [7, 11) is 2.01. The maximum atomic E-state index is 5.85. The summed E-state index contributed by atoms with van der Waals surface area (Å²) in [6.45, 7) is 2.21. The Hall–Kier alpha value is -0.570. The van der Waals surface area contributed by atoms with Crippen molar-refractivity contribution in [3.05, 3.63) is 34.9 Å². The summed E-state index contributed by atoms with van der Waals surface area (Å²) in [5, 5.41) is 7.45. The van der Waals surface area contributed by atoms with Crippen molar-refractivity contribution >= 4 is 11.6 Å².